The lowest BCUT2D eigenvalue weighted by molar-refractivity contribution is -0.151. The summed E-state index contributed by atoms with van der Waals surface area (Å²) in [5, 5.41) is 17.3. The fourth-order valence-corrected chi connectivity index (χ4v) is 8.05. The van der Waals surface area contributed by atoms with E-state index in [1.165, 1.54) is 50.2 Å². The van der Waals surface area contributed by atoms with Crippen molar-refractivity contribution in [2.24, 2.45) is 11.8 Å². The number of aliphatic hydroxyl groups is 1. The summed E-state index contributed by atoms with van der Waals surface area (Å²) >= 11 is 0. The molecule has 2 aromatic carbocycles. The maximum absolute atomic E-state index is 15.1. The lowest BCUT2D eigenvalue weighted by Gasteiger charge is -2.32. The molecule has 3 aliphatic rings. The standard InChI is InChI=1S/C34H44F2N4O8S/c1-34(2,36)20-40(49(43,44)25-10-11-27-30(17-25)48-32(38-27)37-24-8-9-24)18-29(41)28(16-21-5-3-6-23(35)15-21)39-33(42)46-14-12-22-19-47-31-26(22)7-4-13-45-31/h3,5-6,10-11,15,17,22,24,26,28-29,31,41H,4,7-9,12-14,16,18-20H2,1-2H3,(H,37,38)(H,39,42)/t22-,26?,28+,29-,31+/m1/s1. The van der Waals surface area contributed by atoms with Gasteiger partial charge in [0.15, 0.2) is 11.9 Å². The summed E-state index contributed by atoms with van der Waals surface area (Å²) in [5.41, 5.74) is -0.859. The van der Waals surface area contributed by atoms with Crippen molar-refractivity contribution in [3.63, 3.8) is 0 Å². The molecule has 2 aliphatic heterocycles. The molecule has 3 N–H and O–H groups in total. The number of benzene rings is 2. The molecule has 1 unspecified atom stereocenters. The molecular formula is C34H44F2N4O8S. The summed E-state index contributed by atoms with van der Waals surface area (Å²) in [4.78, 5) is 17.2. The number of alkyl carbamates (subject to hydrolysis) is 1. The lowest BCUT2D eigenvalue weighted by atomic mass is 9.87. The Labute approximate surface area is 284 Å². The molecule has 2 saturated heterocycles. The van der Waals surface area contributed by atoms with Crippen molar-refractivity contribution in [3.05, 3.63) is 53.8 Å². The second-order valence-corrected chi connectivity index (χ2v) is 15.7. The first kappa shape index (κ1) is 35.5. The second-order valence-electron chi connectivity index (χ2n) is 13.8. The zero-order valence-electron chi connectivity index (χ0n) is 27.6. The number of aromatic nitrogens is 1. The van der Waals surface area contributed by atoms with E-state index in [1.54, 1.807) is 6.07 Å². The topological polar surface area (TPSA) is 152 Å². The number of nitrogens with zero attached hydrogens (tertiary/aromatic N) is 2. The molecule has 6 rings (SSSR count). The number of ether oxygens (including phenoxy) is 3. The normalized spacial score (nSPS) is 22.5. The van der Waals surface area contributed by atoms with Crippen LogP contribution in [-0.4, -0.2) is 92.0 Å². The van der Waals surface area contributed by atoms with Crippen LogP contribution >= 0.6 is 0 Å². The Morgan fingerprint density at radius 1 is 1.18 bits per heavy atom. The number of anilines is 1. The number of alkyl halides is 1. The van der Waals surface area contributed by atoms with E-state index in [0.717, 1.165) is 30.0 Å². The minimum absolute atomic E-state index is 0.0563. The summed E-state index contributed by atoms with van der Waals surface area (Å²) in [5.74, 6) is -0.104. The summed E-state index contributed by atoms with van der Waals surface area (Å²) in [7, 11) is -4.40. The van der Waals surface area contributed by atoms with E-state index in [0.29, 0.717) is 30.7 Å². The fourth-order valence-electron chi connectivity index (χ4n) is 6.43. The van der Waals surface area contributed by atoms with Crippen LogP contribution in [-0.2, 0) is 30.7 Å². The number of aliphatic hydroxyl groups excluding tert-OH is 1. The number of carbonyl (C=O) groups excluding carboxylic acids is 1. The Hall–Kier alpha value is -3.37. The molecule has 15 heteroatoms. The smallest absolute Gasteiger partial charge is 0.407 e. The average molecular weight is 707 g/mol. The highest BCUT2D eigenvalue weighted by Crippen LogP contribution is 2.36. The number of carbonyl (C=O) groups is 1. The Morgan fingerprint density at radius 2 is 2.00 bits per heavy atom. The number of halogens is 2. The first-order chi connectivity index (χ1) is 23.3. The molecule has 1 saturated carbocycles. The van der Waals surface area contributed by atoms with Crippen molar-refractivity contribution in [3.8, 4) is 0 Å². The van der Waals surface area contributed by atoms with E-state index in [1.807, 2.05) is 0 Å². The van der Waals surface area contributed by atoms with Crippen molar-refractivity contribution in [1.29, 1.82) is 0 Å². The van der Waals surface area contributed by atoms with Crippen molar-refractivity contribution in [2.45, 2.75) is 87.4 Å². The predicted molar refractivity (Wildman–Crippen MR) is 176 cm³/mol. The average Bonchev–Trinajstić information content (AvgIpc) is 3.61. The van der Waals surface area contributed by atoms with Gasteiger partial charge in [-0.25, -0.2) is 22.0 Å². The maximum atomic E-state index is 15.1. The third-order valence-electron chi connectivity index (χ3n) is 9.07. The number of amides is 1. The SMILES string of the molecule is CC(C)(F)CN(C[C@@H](O)[C@H](Cc1cccc(F)c1)NC(=O)OCC[C@@H]1CO[C@@H]2OCCCC12)S(=O)(=O)c1ccc2nc(NC3CC3)oc2c1. The number of hydrogen-bond acceptors (Lipinski definition) is 10. The number of hydrogen-bond donors (Lipinski definition) is 3. The van der Waals surface area contributed by atoms with Crippen LogP contribution in [0.5, 0.6) is 0 Å². The van der Waals surface area contributed by atoms with Gasteiger partial charge in [-0.15, -0.1) is 0 Å². The van der Waals surface area contributed by atoms with Crippen LogP contribution in [0.2, 0.25) is 0 Å². The van der Waals surface area contributed by atoms with Gasteiger partial charge >= 0.3 is 6.09 Å². The quantitative estimate of drug-likeness (QED) is 0.202. The molecule has 0 spiro atoms. The Morgan fingerprint density at radius 3 is 2.76 bits per heavy atom. The molecule has 5 atom stereocenters. The van der Waals surface area contributed by atoms with Crippen LogP contribution < -0.4 is 10.6 Å². The highest BCUT2D eigenvalue weighted by Gasteiger charge is 2.40. The van der Waals surface area contributed by atoms with Gasteiger partial charge < -0.3 is 34.4 Å². The highest BCUT2D eigenvalue weighted by molar-refractivity contribution is 7.89. The van der Waals surface area contributed by atoms with Crippen molar-refractivity contribution < 1.29 is 45.7 Å². The molecule has 12 nitrogen and oxygen atoms in total. The monoisotopic (exact) mass is 706 g/mol. The summed E-state index contributed by atoms with van der Waals surface area (Å²) in [6.07, 6.45) is 1.81. The van der Waals surface area contributed by atoms with Crippen LogP contribution in [0, 0.1) is 17.7 Å². The van der Waals surface area contributed by atoms with Crippen molar-refractivity contribution in [1.82, 2.24) is 14.6 Å². The number of oxazole rings is 1. The first-order valence-electron chi connectivity index (χ1n) is 16.8. The summed E-state index contributed by atoms with van der Waals surface area (Å²) in [6.45, 7) is 2.55. The Bertz CT molecular complexity index is 1710. The first-order valence-corrected chi connectivity index (χ1v) is 18.2. The van der Waals surface area contributed by atoms with Gasteiger partial charge in [0.1, 0.15) is 17.0 Å². The lowest BCUT2D eigenvalue weighted by Crippen LogP contribution is -2.52. The second kappa shape index (κ2) is 14.9. The predicted octanol–water partition coefficient (Wildman–Crippen LogP) is 4.77. The third-order valence-corrected chi connectivity index (χ3v) is 10.9. The van der Waals surface area contributed by atoms with E-state index in [9.17, 15) is 22.7 Å². The van der Waals surface area contributed by atoms with Gasteiger partial charge in [-0.2, -0.15) is 9.29 Å². The Balaban J connectivity index is 1.16. The van der Waals surface area contributed by atoms with E-state index in [-0.39, 0.29) is 53.7 Å². The number of fused-ring (bicyclic) bond motifs is 2. The largest absolute Gasteiger partial charge is 0.450 e. The molecule has 3 heterocycles. The van der Waals surface area contributed by atoms with E-state index >= 15 is 4.39 Å². The van der Waals surface area contributed by atoms with E-state index in [4.69, 9.17) is 18.6 Å². The van der Waals surface area contributed by atoms with Crippen molar-refractivity contribution >= 4 is 33.2 Å². The molecular weight excluding hydrogens is 662 g/mol. The fraction of sp³-hybridized carbons (Fsp3) is 0.588. The van der Waals surface area contributed by atoms with E-state index in [2.05, 4.69) is 15.6 Å². The van der Waals surface area contributed by atoms with Gasteiger partial charge in [-0.3, -0.25) is 0 Å². The zero-order chi connectivity index (χ0) is 34.8. The zero-order valence-corrected chi connectivity index (χ0v) is 28.5. The summed E-state index contributed by atoms with van der Waals surface area (Å²) in [6, 6.07) is 9.24. The van der Waals surface area contributed by atoms with Gasteiger partial charge in [0.25, 0.3) is 6.01 Å². The Kier molecular flexibility index (Phi) is 10.7. The van der Waals surface area contributed by atoms with Crippen LogP contribution in [0.15, 0.2) is 51.8 Å². The molecule has 3 aromatic rings. The number of nitrogens with one attached hydrogen (secondary N) is 2. The minimum atomic E-state index is -4.40. The summed E-state index contributed by atoms with van der Waals surface area (Å²) < 4.78 is 80.6. The van der Waals surface area contributed by atoms with Crippen LogP contribution in [0.3, 0.4) is 0 Å². The molecule has 0 bridgehead atoms. The maximum Gasteiger partial charge on any atom is 0.407 e. The molecule has 1 aliphatic carbocycles. The molecule has 1 amide bonds. The van der Waals surface area contributed by atoms with Gasteiger partial charge in [-0.1, -0.05) is 12.1 Å². The third kappa shape index (κ3) is 9.25. The molecule has 3 fully saturated rings. The van der Waals surface area contributed by atoms with Crippen LogP contribution in [0.25, 0.3) is 11.1 Å². The van der Waals surface area contributed by atoms with Gasteiger partial charge in [0.05, 0.1) is 30.3 Å². The van der Waals surface area contributed by atoms with Crippen LogP contribution in [0.1, 0.15) is 51.5 Å². The molecule has 49 heavy (non-hydrogen) atoms. The minimum Gasteiger partial charge on any atom is -0.450 e. The highest BCUT2D eigenvalue weighted by atomic mass is 32.2. The number of rotatable bonds is 15. The van der Waals surface area contributed by atoms with E-state index < -0.39 is 52.8 Å². The molecule has 1 aromatic heterocycles. The molecule has 268 valence electrons. The molecule has 0 radical (unpaired) electrons. The van der Waals surface area contributed by atoms with Gasteiger partial charge in [0.2, 0.25) is 10.0 Å². The van der Waals surface area contributed by atoms with Crippen molar-refractivity contribution in [2.75, 3.05) is 38.2 Å². The van der Waals surface area contributed by atoms with Gasteiger partial charge in [0, 0.05) is 37.7 Å². The number of sulfonamides is 1. The van der Waals surface area contributed by atoms with Gasteiger partial charge in [-0.05, 0) is 88.1 Å². The van der Waals surface area contributed by atoms with Crippen LogP contribution in [0.4, 0.5) is 19.6 Å².